The molecule has 0 bridgehead atoms. The van der Waals surface area contributed by atoms with Crippen molar-refractivity contribution in [2.75, 3.05) is 21.7 Å². The van der Waals surface area contributed by atoms with Crippen LogP contribution in [0.1, 0.15) is 0 Å². The zero-order chi connectivity index (χ0) is 14.2. The van der Waals surface area contributed by atoms with Gasteiger partial charge < -0.3 is 0 Å². The molecular formula is C10H10F4N2O2S. The molecule has 0 amide bonds. The summed E-state index contributed by atoms with van der Waals surface area (Å²) in [6, 6.07) is 5.53. The van der Waals surface area contributed by atoms with E-state index in [0.717, 1.165) is 0 Å². The number of fused-ring (bicyclic) bond motifs is 1. The Balaban J connectivity index is 2.48. The Morgan fingerprint density at radius 1 is 0.895 bits per heavy atom. The summed E-state index contributed by atoms with van der Waals surface area (Å²) in [5, 5.41) is 0. The fourth-order valence-corrected chi connectivity index (χ4v) is 3.54. The topological polar surface area (TPSA) is 40.6 Å². The summed E-state index contributed by atoms with van der Waals surface area (Å²) in [4.78, 5) is 0. The van der Waals surface area contributed by atoms with Crippen LogP contribution in [-0.4, -0.2) is 34.4 Å². The van der Waals surface area contributed by atoms with Gasteiger partial charge in [0, 0.05) is 0 Å². The van der Waals surface area contributed by atoms with Gasteiger partial charge in [-0.15, -0.1) is 0 Å². The molecule has 19 heavy (non-hydrogen) atoms. The van der Waals surface area contributed by atoms with Crippen molar-refractivity contribution in [1.82, 2.24) is 0 Å². The summed E-state index contributed by atoms with van der Waals surface area (Å²) in [5.41, 5.74) is -0.0214. The number of halogens is 4. The number of rotatable bonds is 4. The highest BCUT2D eigenvalue weighted by Gasteiger charge is 2.42. The summed E-state index contributed by atoms with van der Waals surface area (Å²) in [6.45, 7) is -2.11. The van der Waals surface area contributed by atoms with E-state index in [1.165, 1.54) is 24.3 Å². The van der Waals surface area contributed by atoms with Gasteiger partial charge in [0.05, 0.1) is 24.5 Å². The third-order valence-corrected chi connectivity index (χ3v) is 4.39. The highest BCUT2D eigenvalue weighted by molar-refractivity contribution is 7.94. The highest BCUT2D eigenvalue weighted by atomic mass is 32.2. The molecule has 0 radical (unpaired) electrons. The number of hydrogen-bond donors (Lipinski definition) is 0. The normalized spacial score (nSPS) is 17.4. The van der Waals surface area contributed by atoms with E-state index in [2.05, 4.69) is 0 Å². The second-order valence-electron chi connectivity index (χ2n) is 3.84. The molecule has 0 aliphatic carbocycles. The van der Waals surface area contributed by atoms with Gasteiger partial charge >= 0.3 is 10.2 Å². The highest BCUT2D eigenvalue weighted by Crippen LogP contribution is 2.41. The molecule has 1 aliphatic heterocycles. The van der Waals surface area contributed by atoms with Crippen LogP contribution in [0.3, 0.4) is 0 Å². The Hall–Kier alpha value is -1.51. The molecule has 0 unspecified atom stereocenters. The molecule has 1 aromatic carbocycles. The van der Waals surface area contributed by atoms with Crippen molar-refractivity contribution in [3.63, 3.8) is 0 Å². The standard InChI is InChI=1S/C10H10F4N2O2S/c11-9(12)5-15-7-3-1-2-4-8(7)16(6-10(13)14)19(15,17)18/h1-4,9-10H,5-6H2. The van der Waals surface area contributed by atoms with Crippen molar-refractivity contribution in [1.29, 1.82) is 0 Å². The lowest BCUT2D eigenvalue weighted by molar-refractivity contribution is 0.158. The average Bonchev–Trinajstić information content (AvgIpc) is 2.50. The van der Waals surface area contributed by atoms with E-state index >= 15 is 0 Å². The Bertz CT molecular complexity index is 521. The largest absolute Gasteiger partial charge is 0.326 e. The molecule has 106 valence electrons. The first-order chi connectivity index (χ1) is 8.84. The molecule has 0 atom stereocenters. The van der Waals surface area contributed by atoms with Gasteiger partial charge in [-0.2, -0.15) is 8.42 Å². The number of hydrogen-bond acceptors (Lipinski definition) is 2. The van der Waals surface area contributed by atoms with Crippen LogP contribution in [0.4, 0.5) is 28.9 Å². The molecular weight excluding hydrogens is 288 g/mol. The molecule has 4 nitrogen and oxygen atoms in total. The third-order valence-electron chi connectivity index (χ3n) is 2.58. The number of para-hydroxylation sites is 2. The molecule has 0 N–H and O–H groups in total. The molecule has 9 heteroatoms. The van der Waals surface area contributed by atoms with Gasteiger partial charge in [0.1, 0.15) is 0 Å². The van der Waals surface area contributed by atoms with Gasteiger partial charge in [-0.25, -0.2) is 26.2 Å². The monoisotopic (exact) mass is 298 g/mol. The van der Waals surface area contributed by atoms with E-state index in [1.54, 1.807) is 0 Å². The first kappa shape index (κ1) is 13.9. The van der Waals surface area contributed by atoms with Gasteiger partial charge in [-0.1, -0.05) is 12.1 Å². The smallest absolute Gasteiger partial charge is 0.245 e. The summed E-state index contributed by atoms with van der Waals surface area (Å²) in [7, 11) is -4.37. The maximum Gasteiger partial charge on any atom is 0.326 e. The molecule has 0 saturated heterocycles. The lowest BCUT2D eigenvalue weighted by atomic mass is 10.2. The maximum absolute atomic E-state index is 12.4. The van der Waals surface area contributed by atoms with Crippen LogP contribution < -0.4 is 8.61 Å². The Labute approximate surface area is 107 Å². The molecule has 0 spiro atoms. The van der Waals surface area contributed by atoms with Crippen molar-refractivity contribution in [2.24, 2.45) is 0 Å². The van der Waals surface area contributed by atoms with E-state index in [9.17, 15) is 26.0 Å². The number of nitrogens with zero attached hydrogens (tertiary/aromatic N) is 2. The molecule has 0 saturated carbocycles. The van der Waals surface area contributed by atoms with Crippen molar-refractivity contribution in [2.45, 2.75) is 12.9 Å². The first-order valence-electron chi connectivity index (χ1n) is 5.29. The predicted molar refractivity (Wildman–Crippen MR) is 62.1 cm³/mol. The first-order valence-corrected chi connectivity index (χ1v) is 6.69. The quantitative estimate of drug-likeness (QED) is 0.799. The molecule has 2 rings (SSSR count). The summed E-state index contributed by atoms with van der Waals surface area (Å²) in [6.07, 6.45) is -5.79. The van der Waals surface area contributed by atoms with Gasteiger partial charge in [0.2, 0.25) is 0 Å². The van der Waals surface area contributed by atoms with Crippen LogP contribution in [0.5, 0.6) is 0 Å². The van der Waals surface area contributed by atoms with E-state index in [0.29, 0.717) is 8.61 Å². The Morgan fingerprint density at radius 3 is 1.58 bits per heavy atom. The zero-order valence-corrected chi connectivity index (χ0v) is 10.3. The van der Waals surface area contributed by atoms with Crippen LogP contribution in [0.2, 0.25) is 0 Å². The summed E-state index contributed by atoms with van der Waals surface area (Å²) < 4.78 is 74.7. The average molecular weight is 298 g/mol. The third kappa shape index (κ3) is 2.46. The summed E-state index contributed by atoms with van der Waals surface area (Å²) in [5.74, 6) is 0. The molecule has 1 aliphatic rings. The number of anilines is 2. The summed E-state index contributed by atoms with van der Waals surface area (Å²) >= 11 is 0. The number of benzene rings is 1. The van der Waals surface area contributed by atoms with Crippen molar-refractivity contribution < 1.29 is 26.0 Å². The molecule has 0 aromatic heterocycles. The van der Waals surface area contributed by atoms with Gasteiger partial charge in [0.25, 0.3) is 12.9 Å². The van der Waals surface area contributed by atoms with E-state index < -0.39 is 36.1 Å². The second kappa shape index (κ2) is 4.87. The van der Waals surface area contributed by atoms with Crippen LogP contribution in [-0.2, 0) is 10.2 Å². The minimum absolute atomic E-state index is 0.0107. The predicted octanol–water partition coefficient (Wildman–Crippen LogP) is 2.09. The van der Waals surface area contributed by atoms with Gasteiger partial charge in [-0.05, 0) is 12.1 Å². The van der Waals surface area contributed by atoms with Crippen molar-refractivity contribution >= 4 is 21.6 Å². The minimum atomic E-state index is -4.37. The van der Waals surface area contributed by atoms with Crippen molar-refractivity contribution in [3.05, 3.63) is 24.3 Å². The zero-order valence-electron chi connectivity index (χ0n) is 9.51. The van der Waals surface area contributed by atoms with Gasteiger partial charge in [-0.3, -0.25) is 0 Å². The fourth-order valence-electron chi connectivity index (χ4n) is 1.89. The van der Waals surface area contributed by atoms with Crippen LogP contribution >= 0.6 is 0 Å². The lowest BCUT2D eigenvalue weighted by Gasteiger charge is -2.21. The number of alkyl halides is 4. The fraction of sp³-hybridized carbons (Fsp3) is 0.400. The Morgan fingerprint density at radius 2 is 1.26 bits per heavy atom. The van der Waals surface area contributed by atoms with Crippen LogP contribution in [0.15, 0.2) is 24.3 Å². The maximum atomic E-state index is 12.4. The van der Waals surface area contributed by atoms with Crippen molar-refractivity contribution in [3.8, 4) is 0 Å². The molecule has 1 heterocycles. The molecule has 1 aromatic rings. The lowest BCUT2D eigenvalue weighted by Crippen LogP contribution is -2.42. The minimum Gasteiger partial charge on any atom is -0.245 e. The van der Waals surface area contributed by atoms with E-state index in [1.807, 2.05) is 0 Å². The SMILES string of the molecule is O=S1(=O)N(CC(F)F)c2ccccc2N1CC(F)F. The Kier molecular flexibility index (Phi) is 3.57. The van der Waals surface area contributed by atoms with E-state index in [-0.39, 0.29) is 11.4 Å². The van der Waals surface area contributed by atoms with Crippen LogP contribution in [0.25, 0.3) is 0 Å². The molecule has 0 fully saturated rings. The second-order valence-corrected chi connectivity index (χ2v) is 5.62. The van der Waals surface area contributed by atoms with Crippen LogP contribution in [0, 0.1) is 0 Å². The van der Waals surface area contributed by atoms with E-state index in [4.69, 9.17) is 0 Å². The van der Waals surface area contributed by atoms with Gasteiger partial charge in [0.15, 0.2) is 0 Å².